The average Bonchev–Trinajstić information content (AvgIpc) is 2.85. The normalized spacial score (nSPS) is 11.0. The number of nitrogens with zero attached hydrogens (tertiary/aromatic N) is 2. The molecule has 1 aromatic heterocycles. The average molecular weight is 349 g/mol. The highest BCUT2D eigenvalue weighted by atomic mass is 79.9. The van der Waals surface area contributed by atoms with E-state index in [1.165, 1.54) is 12.1 Å². The Kier molecular flexibility index (Phi) is 3.47. The molecule has 0 aliphatic rings. The lowest BCUT2D eigenvalue weighted by Gasteiger charge is -2.06. The zero-order valence-electron chi connectivity index (χ0n) is 10.8. The van der Waals surface area contributed by atoms with Gasteiger partial charge in [0.15, 0.2) is 0 Å². The van der Waals surface area contributed by atoms with E-state index in [-0.39, 0.29) is 11.5 Å². The summed E-state index contributed by atoms with van der Waals surface area (Å²) in [5, 5.41) is 11.6. The molecule has 4 nitrogen and oxygen atoms in total. The largest absolute Gasteiger partial charge is 0.343 e. The highest BCUT2D eigenvalue weighted by molar-refractivity contribution is 9.10. The quantitative estimate of drug-likeness (QED) is 0.516. The van der Waals surface area contributed by atoms with Crippen molar-refractivity contribution in [2.45, 2.75) is 6.54 Å². The third-order valence-electron chi connectivity index (χ3n) is 3.30. The van der Waals surface area contributed by atoms with E-state index in [0.717, 1.165) is 16.5 Å². The number of hydrogen-bond acceptors (Lipinski definition) is 2. The summed E-state index contributed by atoms with van der Waals surface area (Å²) in [7, 11) is 0. The van der Waals surface area contributed by atoms with E-state index in [9.17, 15) is 14.5 Å². The highest BCUT2D eigenvalue weighted by Gasteiger charge is 2.09. The van der Waals surface area contributed by atoms with Crippen LogP contribution in [0.25, 0.3) is 10.9 Å². The van der Waals surface area contributed by atoms with Crippen LogP contribution in [0, 0.1) is 15.9 Å². The van der Waals surface area contributed by atoms with E-state index in [2.05, 4.69) is 15.9 Å². The summed E-state index contributed by atoms with van der Waals surface area (Å²) < 4.78 is 15.6. The molecule has 6 heteroatoms. The van der Waals surface area contributed by atoms with Gasteiger partial charge in [0.2, 0.25) is 0 Å². The summed E-state index contributed by atoms with van der Waals surface area (Å²) >= 11 is 3.17. The minimum absolute atomic E-state index is 0.0739. The molecule has 0 aliphatic carbocycles. The molecule has 3 rings (SSSR count). The van der Waals surface area contributed by atoms with Crippen LogP contribution < -0.4 is 0 Å². The summed E-state index contributed by atoms with van der Waals surface area (Å²) in [4.78, 5) is 10.4. The van der Waals surface area contributed by atoms with Crippen molar-refractivity contribution in [2.75, 3.05) is 0 Å². The van der Waals surface area contributed by atoms with Crippen molar-refractivity contribution in [3.8, 4) is 0 Å². The van der Waals surface area contributed by atoms with E-state index < -0.39 is 4.92 Å². The molecule has 0 saturated heterocycles. The number of aromatic nitrogens is 1. The molecule has 0 spiro atoms. The third-order valence-corrected chi connectivity index (χ3v) is 3.91. The van der Waals surface area contributed by atoms with Gasteiger partial charge in [-0.15, -0.1) is 0 Å². The standard InChI is InChI=1S/C15H10BrFN2O2/c16-13-7-10(1-3-14(13)17)9-18-6-5-11-8-12(19(20)21)2-4-15(11)18/h1-8H,9H2. The maximum atomic E-state index is 13.2. The summed E-state index contributed by atoms with van der Waals surface area (Å²) in [6.07, 6.45) is 1.87. The minimum Gasteiger partial charge on any atom is -0.343 e. The van der Waals surface area contributed by atoms with Gasteiger partial charge < -0.3 is 4.57 Å². The van der Waals surface area contributed by atoms with Crippen molar-refractivity contribution in [1.82, 2.24) is 4.57 Å². The number of non-ortho nitro benzene ring substituents is 1. The van der Waals surface area contributed by atoms with Crippen LogP contribution in [0.5, 0.6) is 0 Å². The zero-order valence-corrected chi connectivity index (χ0v) is 12.4. The van der Waals surface area contributed by atoms with Crippen molar-refractivity contribution in [3.63, 3.8) is 0 Å². The lowest BCUT2D eigenvalue weighted by molar-refractivity contribution is -0.384. The molecular formula is C15H10BrFN2O2. The molecule has 0 N–H and O–H groups in total. The summed E-state index contributed by atoms with van der Waals surface area (Å²) in [6, 6.07) is 11.5. The maximum absolute atomic E-state index is 13.2. The van der Waals surface area contributed by atoms with E-state index in [1.54, 1.807) is 24.3 Å². The van der Waals surface area contributed by atoms with Gasteiger partial charge in [-0.05, 0) is 45.8 Å². The molecule has 1 heterocycles. The van der Waals surface area contributed by atoms with Crippen LogP contribution in [-0.4, -0.2) is 9.49 Å². The van der Waals surface area contributed by atoms with Gasteiger partial charge in [-0.2, -0.15) is 0 Å². The fourth-order valence-corrected chi connectivity index (χ4v) is 2.70. The van der Waals surface area contributed by atoms with Crippen molar-refractivity contribution < 1.29 is 9.31 Å². The second-order valence-corrected chi connectivity index (χ2v) is 5.55. The number of nitro groups is 1. The molecule has 0 unspecified atom stereocenters. The SMILES string of the molecule is O=[N+]([O-])c1ccc2c(ccn2Cc2ccc(F)c(Br)c2)c1. The minimum atomic E-state index is -0.409. The summed E-state index contributed by atoms with van der Waals surface area (Å²) in [6.45, 7) is 0.570. The molecule has 0 radical (unpaired) electrons. The smallest absolute Gasteiger partial charge is 0.270 e. The molecule has 0 amide bonds. The number of rotatable bonds is 3. The van der Waals surface area contributed by atoms with Gasteiger partial charge in [0, 0.05) is 35.8 Å². The van der Waals surface area contributed by atoms with Crippen molar-refractivity contribution in [1.29, 1.82) is 0 Å². The van der Waals surface area contributed by atoms with Gasteiger partial charge in [-0.1, -0.05) is 6.07 Å². The molecule has 106 valence electrons. The molecule has 0 aliphatic heterocycles. The van der Waals surface area contributed by atoms with Crippen LogP contribution in [0.1, 0.15) is 5.56 Å². The van der Waals surface area contributed by atoms with Gasteiger partial charge in [-0.25, -0.2) is 4.39 Å². The topological polar surface area (TPSA) is 48.1 Å². The number of benzene rings is 2. The number of hydrogen-bond donors (Lipinski definition) is 0. The number of fused-ring (bicyclic) bond motifs is 1. The first-order valence-electron chi connectivity index (χ1n) is 6.22. The number of halogens is 2. The first kappa shape index (κ1) is 13.8. The Balaban J connectivity index is 1.97. The second-order valence-electron chi connectivity index (χ2n) is 4.69. The first-order valence-corrected chi connectivity index (χ1v) is 7.01. The van der Waals surface area contributed by atoms with Gasteiger partial charge >= 0.3 is 0 Å². The fourth-order valence-electron chi connectivity index (χ4n) is 2.27. The Bertz CT molecular complexity index is 845. The van der Waals surface area contributed by atoms with Crippen LogP contribution in [-0.2, 0) is 6.54 Å². The van der Waals surface area contributed by atoms with Crippen LogP contribution in [0.3, 0.4) is 0 Å². The van der Waals surface area contributed by atoms with Gasteiger partial charge in [-0.3, -0.25) is 10.1 Å². The monoisotopic (exact) mass is 348 g/mol. The van der Waals surface area contributed by atoms with Crippen molar-refractivity contribution >= 4 is 32.5 Å². The molecule has 0 saturated carbocycles. The Labute approximate surface area is 128 Å². The van der Waals surface area contributed by atoms with E-state index >= 15 is 0 Å². The molecule has 3 aromatic rings. The third kappa shape index (κ3) is 2.67. The predicted octanol–water partition coefficient (Wildman–Crippen LogP) is 4.50. The first-order chi connectivity index (χ1) is 10.0. The Hall–Kier alpha value is -2.21. The second kappa shape index (κ2) is 5.29. The van der Waals surface area contributed by atoms with Crippen LogP contribution in [0.15, 0.2) is 53.1 Å². The Morgan fingerprint density at radius 3 is 2.71 bits per heavy atom. The number of nitro benzene ring substituents is 1. The van der Waals surface area contributed by atoms with E-state index in [0.29, 0.717) is 11.0 Å². The molecule has 0 atom stereocenters. The zero-order chi connectivity index (χ0) is 15.0. The summed E-state index contributed by atoms with van der Waals surface area (Å²) in [5.74, 6) is -0.299. The summed E-state index contributed by atoms with van der Waals surface area (Å²) in [5.41, 5.74) is 1.92. The van der Waals surface area contributed by atoms with Crippen molar-refractivity contribution in [2.24, 2.45) is 0 Å². The highest BCUT2D eigenvalue weighted by Crippen LogP contribution is 2.24. The Morgan fingerprint density at radius 2 is 2.00 bits per heavy atom. The molecule has 2 aromatic carbocycles. The molecular weight excluding hydrogens is 339 g/mol. The van der Waals surface area contributed by atoms with Gasteiger partial charge in [0.05, 0.1) is 9.40 Å². The molecule has 0 bridgehead atoms. The van der Waals surface area contributed by atoms with E-state index in [1.807, 2.05) is 16.8 Å². The van der Waals surface area contributed by atoms with Crippen LogP contribution in [0.4, 0.5) is 10.1 Å². The van der Waals surface area contributed by atoms with Crippen molar-refractivity contribution in [3.05, 3.63) is 74.6 Å². The Morgan fingerprint density at radius 1 is 1.19 bits per heavy atom. The molecule has 21 heavy (non-hydrogen) atoms. The van der Waals surface area contributed by atoms with Crippen LogP contribution >= 0.6 is 15.9 Å². The van der Waals surface area contributed by atoms with E-state index in [4.69, 9.17) is 0 Å². The van der Waals surface area contributed by atoms with Gasteiger partial charge in [0.1, 0.15) is 5.82 Å². The predicted molar refractivity (Wildman–Crippen MR) is 81.8 cm³/mol. The fraction of sp³-hybridized carbons (Fsp3) is 0.0667. The lowest BCUT2D eigenvalue weighted by atomic mass is 10.2. The molecule has 0 fully saturated rings. The van der Waals surface area contributed by atoms with Gasteiger partial charge in [0.25, 0.3) is 5.69 Å². The lowest BCUT2D eigenvalue weighted by Crippen LogP contribution is -1.98. The maximum Gasteiger partial charge on any atom is 0.270 e. The van der Waals surface area contributed by atoms with Crippen LogP contribution in [0.2, 0.25) is 0 Å².